The van der Waals surface area contributed by atoms with Crippen LogP contribution >= 0.6 is 23.8 Å². The van der Waals surface area contributed by atoms with E-state index < -0.39 is 0 Å². The molecule has 1 aromatic carbocycles. The summed E-state index contributed by atoms with van der Waals surface area (Å²) in [5.74, 6) is 1.33. The molecule has 7 heteroatoms. The zero-order valence-electron chi connectivity index (χ0n) is 23.5. The van der Waals surface area contributed by atoms with Crippen LogP contribution in [0.4, 0.5) is 11.4 Å². The molecule has 3 aliphatic rings. The highest BCUT2D eigenvalue weighted by atomic mass is 35.5. The molecule has 206 valence electrons. The SMILES string of the molecule is Cc1cc([C@@H]2[C@H](c3ccccn3)NC(=S)N2c2ccc(N3C[C@@H](C)C[C@H](C)C3)c(Cl)c2)c(C)n1C1CCCC1. The molecule has 3 fully saturated rings. The smallest absolute Gasteiger partial charge is 0.174 e. The maximum Gasteiger partial charge on any atom is 0.174 e. The second kappa shape index (κ2) is 10.8. The van der Waals surface area contributed by atoms with Crippen molar-refractivity contribution in [1.29, 1.82) is 0 Å². The van der Waals surface area contributed by atoms with E-state index in [9.17, 15) is 0 Å². The molecule has 0 amide bonds. The number of pyridine rings is 1. The van der Waals surface area contributed by atoms with Crippen LogP contribution in [0.2, 0.25) is 5.02 Å². The third kappa shape index (κ3) is 4.95. The van der Waals surface area contributed by atoms with Gasteiger partial charge < -0.3 is 19.7 Å². The topological polar surface area (TPSA) is 36.3 Å². The average molecular weight is 562 g/mol. The van der Waals surface area contributed by atoms with Gasteiger partial charge in [0.05, 0.1) is 28.5 Å². The first kappa shape index (κ1) is 26.6. The summed E-state index contributed by atoms with van der Waals surface area (Å²) in [5, 5.41) is 5.13. The van der Waals surface area contributed by atoms with Gasteiger partial charge in [0.1, 0.15) is 0 Å². The molecule has 39 heavy (non-hydrogen) atoms. The highest BCUT2D eigenvalue weighted by molar-refractivity contribution is 7.80. The second-order valence-corrected chi connectivity index (χ2v) is 12.9. The summed E-state index contributed by atoms with van der Waals surface area (Å²) >= 11 is 13.1. The number of hydrogen-bond donors (Lipinski definition) is 1. The molecule has 4 heterocycles. The van der Waals surface area contributed by atoms with Crippen LogP contribution in [0.1, 0.15) is 86.7 Å². The molecule has 0 bridgehead atoms. The van der Waals surface area contributed by atoms with Crippen LogP contribution in [0, 0.1) is 25.7 Å². The Hall–Kier alpha value is -2.57. The summed E-state index contributed by atoms with van der Waals surface area (Å²) in [6.45, 7) is 11.3. The molecule has 3 aromatic rings. The zero-order chi connectivity index (χ0) is 27.3. The zero-order valence-corrected chi connectivity index (χ0v) is 25.1. The van der Waals surface area contributed by atoms with Crippen LogP contribution in [0.5, 0.6) is 0 Å². The molecule has 0 spiro atoms. The lowest BCUT2D eigenvalue weighted by molar-refractivity contribution is 0.357. The summed E-state index contributed by atoms with van der Waals surface area (Å²) in [4.78, 5) is 9.48. The number of piperidine rings is 1. The predicted octanol–water partition coefficient (Wildman–Crippen LogP) is 7.93. The lowest BCUT2D eigenvalue weighted by atomic mass is 9.91. The Morgan fingerprint density at radius 2 is 1.74 bits per heavy atom. The minimum atomic E-state index is -0.0570. The molecular formula is C32H40ClN5S. The summed E-state index contributed by atoms with van der Waals surface area (Å²) in [6.07, 6.45) is 8.29. The average Bonchev–Trinajstić information content (AvgIpc) is 3.61. The highest BCUT2D eigenvalue weighted by Crippen LogP contribution is 2.46. The molecular weight excluding hydrogens is 522 g/mol. The Kier molecular flexibility index (Phi) is 7.36. The second-order valence-electron chi connectivity index (χ2n) is 12.1. The Labute approximate surface area is 243 Å². The van der Waals surface area contributed by atoms with E-state index in [-0.39, 0.29) is 12.1 Å². The van der Waals surface area contributed by atoms with Gasteiger partial charge in [-0.05, 0) is 99.1 Å². The van der Waals surface area contributed by atoms with E-state index in [4.69, 9.17) is 28.8 Å². The van der Waals surface area contributed by atoms with Crippen molar-refractivity contribution in [2.75, 3.05) is 22.9 Å². The lowest BCUT2D eigenvalue weighted by Gasteiger charge is -2.37. The molecule has 6 rings (SSSR count). The van der Waals surface area contributed by atoms with Gasteiger partial charge in [-0.1, -0.05) is 44.4 Å². The number of nitrogens with one attached hydrogen (secondary N) is 1. The van der Waals surface area contributed by atoms with E-state index >= 15 is 0 Å². The number of nitrogens with zero attached hydrogens (tertiary/aromatic N) is 4. The van der Waals surface area contributed by atoms with E-state index in [1.54, 1.807) is 0 Å². The quantitative estimate of drug-likeness (QED) is 0.320. The molecule has 1 N–H and O–H groups in total. The van der Waals surface area contributed by atoms with Crippen LogP contribution in [-0.2, 0) is 0 Å². The fourth-order valence-corrected chi connectivity index (χ4v) is 8.18. The fourth-order valence-electron chi connectivity index (χ4n) is 7.54. The van der Waals surface area contributed by atoms with Gasteiger partial charge in [0.15, 0.2) is 5.11 Å². The van der Waals surface area contributed by atoms with Crippen molar-refractivity contribution >= 4 is 40.3 Å². The minimum Gasteiger partial charge on any atom is -0.370 e. The van der Waals surface area contributed by atoms with Gasteiger partial charge in [-0.3, -0.25) is 4.98 Å². The number of benzene rings is 1. The van der Waals surface area contributed by atoms with E-state index in [1.807, 2.05) is 12.3 Å². The predicted molar refractivity (Wildman–Crippen MR) is 166 cm³/mol. The van der Waals surface area contributed by atoms with Gasteiger partial charge in [-0.15, -0.1) is 0 Å². The molecule has 1 aliphatic carbocycles. The maximum absolute atomic E-state index is 7.03. The number of aryl methyl sites for hydroxylation is 1. The third-order valence-corrected chi connectivity index (χ3v) is 9.67. The Bertz CT molecular complexity index is 1340. The molecule has 2 saturated heterocycles. The number of thiocarbonyl (C=S) groups is 1. The summed E-state index contributed by atoms with van der Waals surface area (Å²) in [5.41, 5.74) is 7.11. The Morgan fingerprint density at radius 1 is 1.00 bits per heavy atom. The first-order valence-electron chi connectivity index (χ1n) is 14.5. The highest BCUT2D eigenvalue weighted by Gasteiger charge is 2.43. The van der Waals surface area contributed by atoms with E-state index in [0.29, 0.717) is 23.0 Å². The van der Waals surface area contributed by atoms with E-state index in [2.05, 4.69) is 83.8 Å². The molecule has 0 unspecified atom stereocenters. The maximum atomic E-state index is 7.03. The van der Waals surface area contributed by atoms with Crippen LogP contribution < -0.4 is 15.1 Å². The van der Waals surface area contributed by atoms with Crippen molar-refractivity contribution < 1.29 is 0 Å². The van der Waals surface area contributed by atoms with Crippen molar-refractivity contribution in [1.82, 2.24) is 14.9 Å². The molecule has 2 aliphatic heterocycles. The van der Waals surface area contributed by atoms with Gasteiger partial charge in [0.25, 0.3) is 0 Å². The number of aromatic nitrogens is 2. The van der Waals surface area contributed by atoms with Crippen LogP contribution in [0.15, 0.2) is 48.7 Å². The number of hydrogen-bond acceptors (Lipinski definition) is 3. The first-order chi connectivity index (χ1) is 18.8. The largest absolute Gasteiger partial charge is 0.370 e. The van der Waals surface area contributed by atoms with Gasteiger partial charge in [-0.25, -0.2) is 0 Å². The lowest BCUT2D eigenvalue weighted by Crippen LogP contribution is -2.38. The van der Waals surface area contributed by atoms with Gasteiger partial charge in [-0.2, -0.15) is 0 Å². The summed E-state index contributed by atoms with van der Waals surface area (Å²) in [6, 6.07) is 15.5. The number of anilines is 2. The minimum absolute atomic E-state index is 0.0225. The molecule has 0 radical (unpaired) electrons. The normalized spacial score (nSPS) is 25.9. The van der Waals surface area contributed by atoms with Gasteiger partial charge in [0.2, 0.25) is 0 Å². The number of halogens is 1. The summed E-state index contributed by atoms with van der Waals surface area (Å²) < 4.78 is 2.58. The molecule has 4 atom stereocenters. The van der Waals surface area contributed by atoms with Crippen molar-refractivity contribution in [3.8, 4) is 0 Å². The Morgan fingerprint density at radius 3 is 2.41 bits per heavy atom. The van der Waals surface area contributed by atoms with Crippen LogP contribution in [-0.4, -0.2) is 27.8 Å². The molecule has 2 aromatic heterocycles. The van der Waals surface area contributed by atoms with Crippen molar-refractivity contribution in [3.63, 3.8) is 0 Å². The van der Waals surface area contributed by atoms with Crippen molar-refractivity contribution in [2.24, 2.45) is 11.8 Å². The molecule has 1 saturated carbocycles. The van der Waals surface area contributed by atoms with E-state index in [0.717, 1.165) is 35.2 Å². The third-order valence-electron chi connectivity index (χ3n) is 9.05. The molecule has 5 nitrogen and oxygen atoms in total. The fraction of sp³-hybridized carbons (Fsp3) is 0.500. The standard InChI is InChI=1S/C32H40ClN5S/c1-20-15-21(2)19-36(18-20)29-13-12-25(17-27(29)33)38-31(30(35-32(38)39)28-11-7-8-14-34-28)26-16-22(3)37(23(26)4)24-9-5-6-10-24/h7-8,11-14,16-17,20-21,24,30-31H,5-6,9-10,15,18-19H2,1-4H3,(H,35,39)/t20-,21-,30-,31+/m0/s1. The van der Waals surface area contributed by atoms with E-state index in [1.165, 1.54) is 49.1 Å². The van der Waals surface area contributed by atoms with Gasteiger partial charge in [0, 0.05) is 42.4 Å². The van der Waals surface area contributed by atoms with Crippen LogP contribution in [0.25, 0.3) is 0 Å². The van der Waals surface area contributed by atoms with Crippen LogP contribution in [0.3, 0.4) is 0 Å². The van der Waals surface area contributed by atoms with Gasteiger partial charge >= 0.3 is 0 Å². The Balaban J connectivity index is 1.41. The summed E-state index contributed by atoms with van der Waals surface area (Å²) in [7, 11) is 0. The van der Waals surface area contributed by atoms with Crippen molar-refractivity contribution in [3.05, 3.63) is 76.3 Å². The first-order valence-corrected chi connectivity index (χ1v) is 15.3. The van der Waals surface area contributed by atoms with Crippen molar-refractivity contribution in [2.45, 2.75) is 77.9 Å². The monoisotopic (exact) mass is 561 g/mol. The number of rotatable bonds is 5.